The van der Waals surface area contributed by atoms with Crippen molar-refractivity contribution < 1.29 is 14.8 Å². The Hall–Kier alpha value is -1.47. The lowest BCUT2D eigenvalue weighted by Gasteiger charge is -2.37. The van der Waals surface area contributed by atoms with Gasteiger partial charge in [0, 0.05) is 18.2 Å². The van der Waals surface area contributed by atoms with Crippen molar-refractivity contribution in [1.82, 2.24) is 4.90 Å². The van der Waals surface area contributed by atoms with Crippen LogP contribution in [0.4, 0.5) is 5.69 Å². The van der Waals surface area contributed by atoms with E-state index in [0.717, 1.165) is 12.8 Å². The van der Waals surface area contributed by atoms with Crippen LogP contribution in [0.25, 0.3) is 0 Å². The first kappa shape index (κ1) is 14.5. The molecule has 1 aromatic rings. The Labute approximate surface area is 130 Å². The summed E-state index contributed by atoms with van der Waals surface area (Å²) in [7, 11) is 0. The molecule has 112 valence electrons. The number of nitro benzene ring substituents is 1. The summed E-state index contributed by atoms with van der Waals surface area (Å²) in [5.41, 5.74) is 0.211. The Morgan fingerprint density at radius 3 is 2.52 bits per heavy atom. The molecule has 2 bridgehead atoms. The molecule has 2 aliphatic rings. The van der Waals surface area contributed by atoms with Crippen LogP contribution in [0.3, 0.4) is 0 Å². The average Bonchev–Trinajstić information content (AvgIpc) is 2.70. The number of nitro groups is 1. The summed E-state index contributed by atoms with van der Waals surface area (Å²) in [4.78, 5) is 25.0. The highest BCUT2D eigenvalue weighted by molar-refractivity contribution is 9.10. The molecule has 6 nitrogen and oxygen atoms in total. The number of amides is 1. The molecule has 1 amide bonds. The van der Waals surface area contributed by atoms with Gasteiger partial charge in [-0.3, -0.25) is 14.9 Å². The maximum absolute atomic E-state index is 12.8. The monoisotopic (exact) mass is 354 g/mol. The smallest absolute Gasteiger partial charge is 0.284 e. The van der Waals surface area contributed by atoms with Gasteiger partial charge in [0.05, 0.1) is 16.6 Å². The standard InChI is InChI=1S/C14H15BrN2O4/c15-13-11(2-1-3-12(13)17(20)21)14(19)16-8-4-5-9(16)7-10(18)6-8/h1-3,8-10,18H,4-7H2. The van der Waals surface area contributed by atoms with Crippen LogP contribution in [0.5, 0.6) is 0 Å². The van der Waals surface area contributed by atoms with Crippen LogP contribution < -0.4 is 0 Å². The summed E-state index contributed by atoms with van der Waals surface area (Å²) in [5.74, 6) is -0.190. The normalized spacial score (nSPS) is 27.7. The summed E-state index contributed by atoms with van der Waals surface area (Å²) < 4.78 is 0.227. The van der Waals surface area contributed by atoms with Gasteiger partial charge >= 0.3 is 0 Å². The Morgan fingerprint density at radius 2 is 1.95 bits per heavy atom. The molecule has 21 heavy (non-hydrogen) atoms. The van der Waals surface area contributed by atoms with Crippen LogP contribution in [0.1, 0.15) is 36.0 Å². The van der Waals surface area contributed by atoms with Gasteiger partial charge in [-0.25, -0.2) is 0 Å². The zero-order valence-corrected chi connectivity index (χ0v) is 12.8. The summed E-state index contributed by atoms with van der Waals surface area (Å²) in [6, 6.07) is 4.57. The van der Waals surface area contributed by atoms with Crippen molar-refractivity contribution in [2.24, 2.45) is 0 Å². The number of benzene rings is 1. The molecule has 7 heteroatoms. The van der Waals surface area contributed by atoms with E-state index in [1.54, 1.807) is 11.0 Å². The maximum Gasteiger partial charge on any atom is 0.284 e. The topological polar surface area (TPSA) is 83.7 Å². The van der Waals surface area contributed by atoms with Gasteiger partial charge in [-0.15, -0.1) is 0 Å². The summed E-state index contributed by atoms with van der Waals surface area (Å²) >= 11 is 3.18. The van der Waals surface area contributed by atoms with Gasteiger partial charge in [-0.05, 0) is 47.7 Å². The molecule has 2 unspecified atom stereocenters. The van der Waals surface area contributed by atoms with Gasteiger partial charge in [-0.1, -0.05) is 6.07 Å². The van der Waals surface area contributed by atoms with E-state index in [9.17, 15) is 20.0 Å². The van der Waals surface area contributed by atoms with E-state index >= 15 is 0 Å². The van der Waals surface area contributed by atoms with Gasteiger partial charge in [0.15, 0.2) is 0 Å². The molecule has 0 radical (unpaired) electrons. The highest BCUT2D eigenvalue weighted by Crippen LogP contribution is 2.38. The predicted molar refractivity (Wildman–Crippen MR) is 79.0 cm³/mol. The number of rotatable bonds is 2. The lowest BCUT2D eigenvalue weighted by Crippen LogP contribution is -2.48. The molecule has 1 aromatic carbocycles. The van der Waals surface area contributed by atoms with Gasteiger partial charge in [0.1, 0.15) is 4.47 Å². The minimum atomic E-state index is -0.505. The van der Waals surface area contributed by atoms with Crippen LogP contribution in [-0.4, -0.2) is 39.0 Å². The van der Waals surface area contributed by atoms with E-state index in [2.05, 4.69) is 15.9 Å². The van der Waals surface area contributed by atoms with Crippen molar-refractivity contribution in [1.29, 1.82) is 0 Å². The molecule has 2 fully saturated rings. The van der Waals surface area contributed by atoms with E-state index in [1.165, 1.54) is 12.1 Å². The fourth-order valence-corrected chi connectivity index (χ4v) is 4.02. The minimum Gasteiger partial charge on any atom is -0.393 e. The first-order valence-electron chi connectivity index (χ1n) is 6.92. The number of carbonyl (C=O) groups is 1. The number of piperidine rings is 1. The lowest BCUT2D eigenvalue weighted by atomic mass is 9.98. The third-order valence-corrected chi connectivity index (χ3v) is 5.18. The first-order valence-corrected chi connectivity index (χ1v) is 7.72. The highest BCUT2D eigenvalue weighted by Gasteiger charge is 2.43. The van der Waals surface area contributed by atoms with E-state index in [4.69, 9.17) is 0 Å². The van der Waals surface area contributed by atoms with Crippen LogP contribution in [0.15, 0.2) is 22.7 Å². The Balaban J connectivity index is 1.93. The second-order valence-corrected chi connectivity index (χ2v) is 6.41. The number of carbonyl (C=O) groups excluding carboxylic acids is 1. The van der Waals surface area contributed by atoms with E-state index in [1.807, 2.05) is 0 Å². The largest absolute Gasteiger partial charge is 0.393 e. The van der Waals surface area contributed by atoms with Gasteiger partial charge in [0.25, 0.3) is 11.6 Å². The third kappa shape index (κ3) is 2.44. The number of hydrogen-bond donors (Lipinski definition) is 1. The molecule has 0 aliphatic carbocycles. The first-order chi connectivity index (χ1) is 9.99. The number of aliphatic hydroxyl groups is 1. The van der Waals surface area contributed by atoms with Crippen molar-refractivity contribution >= 4 is 27.5 Å². The molecule has 3 rings (SSSR count). The average molecular weight is 355 g/mol. The summed E-state index contributed by atoms with van der Waals surface area (Å²) in [6.45, 7) is 0. The zero-order valence-electron chi connectivity index (χ0n) is 11.2. The molecule has 0 spiro atoms. The van der Waals surface area contributed by atoms with Crippen LogP contribution in [-0.2, 0) is 0 Å². The molecule has 0 saturated carbocycles. The number of halogens is 1. The highest BCUT2D eigenvalue weighted by atomic mass is 79.9. The van der Waals surface area contributed by atoms with Crippen molar-refractivity contribution in [3.8, 4) is 0 Å². The molecule has 2 atom stereocenters. The fourth-order valence-electron chi connectivity index (χ4n) is 3.44. The quantitative estimate of drug-likeness (QED) is 0.653. The van der Waals surface area contributed by atoms with Crippen molar-refractivity contribution in [3.63, 3.8) is 0 Å². The second kappa shape index (κ2) is 5.38. The predicted octanol–water partition coefficient (Wildman–Crippen LogP) is 2.49. The van der Waals surface area contributed by atoms with E-state index < -0.39 is 4.92 Å². The number of hydrogen-bond acceptors (Lipinski definition) is 4. The van der Waals surface area contributed by atoms with Crippen LogP contribution in [0, 0.1) is 10.1 Å². The molecule has 0 aromatic heterocycles. The Morgan fingerprint density at radius 1 is 1.33 bits per heavy atom. The number of nitrogens with zero attached hydrogens (tertiary/aromatic N) is 2. The van der Waals surface area contributed by atoms with Crippen LogP contribution >= 0.6 is 15.9 Å². The molecule has 2 saturated heterocycles. The van der Waals surface area contributed by atoms with Crippen molar-refractivity contribution in [3.05, 3.63) is 38.3 Å². The number of aliphatic hydroxyl groups excluding tert-OH is 1. The molecule has 1 N–H and O–H groups in total. The van der Waals surface area contributed by atoms with Crippen molar-refractivity contribution in [2.45, 2.75) is 43.9 Å². The molecule has 2 heterocycles. The molecular formula is C14H15BrN2O4. The Bertz CT molecular complexity index is 593. The van der Waals surface area contributed by atoms with E-state index in [0.29, 0.717) is 18.4 Å². The Kier molecular flexibility index (Phi) is 3.71. The molecular weight excluding hydrogens is 340 g/mol. The maximum atomic E-state index is 12.8. The third-order valence-electron chi connectivity index (χ3n) is 4.35. The van der Waals surface area contributed by atoms with Crippen molar-refractivity contribution in [2.75, 3.05) is 0 Å². The summed E-state index contributed by atoms with van der Waals surface area (Å²) in [5, 5.41) is 20.8. The zero-order chi connectivity index (χ0) is 15.1. The second-order valence-electron chi connectivity index (χ2n) is 5.62. The van der Waals surface area contributed by atoms with E-state index in [-0.39, 0.29) is 34.3 Å². The van der Waals surface area contributed by atoms with Gasteiger partial charge in [0.2, 0.25) is 0 Å². The fraction of sp³-hybridized carbons (Fsp3) is 0.500. The SMILES string of the molecule is O=C(c1cccc([N+](=O)[O-])c1Br)N1C2CCC1CC(O)C2. The summed E-state index contributed by atoms with van der Waals surface area (Å²) in [6.07, 6.45) is 2.61. The van der Waals surface area contributed by atoms with Gasteiger partial charge < -0.3 is 10.0 Å². The number of fused-ring (bicyclic) bond motifs is 2. The minimum absolute atomic E-state index is 0.0393. The van der Waals surface area contributed by atoms with Crippen LogP contribution in [0.2, 0.25) is 0 Å². The lowest BCUT2D eigenvalue weighted by molar-refractivity contribution is -0.385. The molecule has 2 aliphatic heterocycles. The van der Waals surface area contributed by atoms with Gasteiger partial charge in [-0.2, -0.15) is 0 Å².